The molecule has 9 nitrogen and oxygen atoms in total. The molecule has 1 unspecified atom stereocenters. The lowest BCUT2D eigenvalue weighted by Crippen LogP contribution is -2.29. The summed E-state index contributed by atoms with van der Waals surface area (Å²) in [5, 5.41) is 0. The Morgan fingerprint density at radius 1 is 0.569 bits per heavy atom. The van der Waals surface area contributed by atoms with Gasteiger partial charge in [0.05, 0.1) is 13.2 Å². The minimum Gasteiger partial charge on any atom is -0.462 e. The van der Waals surface area contributed by atoms with Crippen LogP contribution in [0.5, 0.6) is 0 Å². The van der Waals surface area contributed by atoms with Gasteiger partial charge in [-0.3, -0.25) is 18.6 Å². The number of unbranched alkanes of at least 4 members (excludes halogenated alkanes) is 22. The summed E-state index contributed by atoms with van der Waals surface area (Å²) in [6.45, 7) is 3.71. The van der Waals surface area contributed by atoms with Gasteiger partial charge >= 0.3 is 19.8 Å². The van der Waals surface area contributed by atoms with Crippen LogP contribution in [0.25, 0.3) is 0 Å². The first-order chi connectivity index (χ1) is 24.8. The highest BCUT2D eigenvalue weighted by Crippen LogP contribution is 2.43. The summed E-state index contributed by atoms with van der Waals surface area (Å²) >= 11 is 0. The highest BCUT2D eigenvalue weighted by molar-refractivity contribution is 7.47. The van der Waals surface area contributed by atoms with Crippen LogP contribution in [0.15, 0.2) is 24.3 Å². The van der Waals surface area contributed by atoms with Crippen LogP contribution < -0.4 is 5.73 Å². The van der Waals surface area contributed by atoms with E-state index in [-0.39, 0.29) is 32.6 Å². The molecule has 10 heteroatoms. The average molecular weight is 744 g/mol. The molecule has 0 aliphatic rings. The molecular formula is C41H78NO8P. The molecule has 0 fully saturated rings. The zero-order valence-corrected chi connectivity index (χ0v) is 33.7. The minimum absolute atomic E-state index is 0.0518. The molecule has 300 valence electrons. The van der Waals surface area contributed by atoms with Gasteiger partial charge in [0.2, 0.25) is 0 Å². The quantitative estimate of drug-likeness (QED) is 0.0273. The van der Waals surface area contributed by atoms with Crippen molar-refractivity contribution in [3.8, 4) is 0 Å². The maximum Gasteiger partial charge on any atom is 0.472 e. The third-order valence-electron chi connectivity index (χ3n) is 8.81. The van der Waals surface area contributed by atoms with Crippen molar-refractivity contribution in [2.45, 2.75) is 200 Å². The molecule has 0 saturated heterocycles. The fourth-order valence-electron chi connectivity index (χ4n) is 5.68. The molecule has 0 aliphatic carbocycles. The molecule has 0 aromatic heterocycles. The van der Waals surface area contributed by atoms with Gasteiger partial charge in [0.15, 0.2) is 6.10 Å². The summed E-state index contributed by atoms with van der Waals surface area (Å²) < 4.78 is 32.7. The molecule has 0 aromatic carbocycles. The van der Waals surface area contributed by atoms with Crippen LogP contribution in [-0.2, 0) is 32.7 Å². The molecule has 0 heterocycles. The van der Waals surface area contributed by atoms with E-state index in [1.54, 1.807) is 0 Å². The van der Waals surface area contributed by atoms with Gasteiger partial charge in [-0.05, 0) is 64.2 Å². The van der Waals surface area contributed by atoms with Crippen LogP contribution in [0.4, 0.5) is 0 Å². The van der Waals surface area contributed by atoms with E-state index in [9.17, 15) is 19.0 Å². The highest BCUT2D eigenvalue weighted by Gasteiger charge is 2.26. The van der Waals surface area contributed by atoms with Crippen molar-refractivity contribution in [2.75, 3.05) is 26.4 Å². The first-order valence-corrected chi connectivity index (χ1v) is 22.3. The summed E-state index contributed by atoms with van der Waals surface area (Å²) in [6, 6.07) is 0. The monoisotopic (exact) mass is 744 g/mol. The fourth-order valence-corrected chi connectivity index (χ4v) is 6.45. The van der Waals surface area contributed by atoms with E-state index in [1.165, 1.54) is 89.9 Å². The molecule has 0 bridgehead atoms. The number of esters is 2. The largest absolute Gasteiger partial charge is 0.472 e. The van der Waals surface area contributed by atoms with Crippen molar-refractivity contribution in [1.82, 2.24) is 0 Å². The van der Waals surface area contributed by atoms with Crippen LogP contribution in [0.1, 0.15) is 194 Å². The van der Waals surface area contributed by atoms with Crippen LogP contribution in [0, 0.1) is 0 Å². The summed E-state index contributed by atoms with van der Waals surface area (Å²) in [7, 11) is -4.37. The van der Waals surface area contributed by atoms with Crippen LogP contribution >= 0.6 is 7.82 Å². The Balaban J connectivity index is 4.20. The van der Waals surface area contributed by atoms with Crippen molar-refractivity contribution in [1.29, 1.82) is 0 Å². The molecule has 0 spiro atoms. The Morgan fingerprint density at radius 2 is 0.961 bits per heavy atom. The van der Waals surface area contributed by atoms with E-state index in [0.717, 1.165) is 70.6 Å². The highest BCUT2D eigenvalue weighted by atomic mass is 31.2. The number of phosphoric ester groups is 1. The number of allylic oxidation sites excluding steroid dienone is 4. The minimum atomic E-state index is -4.37. The zero-order valence-electron chi connectivity index (χ0n) is 32.8. The lowest BCUT2D eigenvalue weighted by atomic mass is 10.1. The molecule has 0 aliphatic heterocycles. The van der Waals surface area contributed by atoms with E-state index in [4.69, 9.17) is 24.3 Å². The molecule has 0 rings (SSSR count). The summed E-state index contributed by atoms with van der Waals surface area (Å²) in [6.07, 6.45) is 39.2. The lowest BCUT2D eigenvalue weighted by Gasteiger charge is -2.19. The number of carbonyl (C=O) groups is 2. The van der Waals surface area contributed by atoms with Gasteiger partial charge in [0.25, 0.3) is 0 Å². The Morgan fingerprint density at radius 3 is 1.39 bits per heavy atom. The SMILES string of the molecule is CCCCCCC/C=C\CCCCCCCC(=O)OC[C@H](COP(=O)(O)OCCN)OC(=O)CCCCCCC/C=C\CCCCCCCCC. The van der Waals surface area contributed by atoms with Crippen molar-refractivity contribution < 1.29 is 37.6 Å². The first kappa shape index (κ1) is 49.5. The van der Waals surface area contributed by atoms with Crippen molar-refractivity contribution in [3.63, 3.8) is 0 Å². The summed E-state index contributed by atoms with van der Waals surface area (Å²) in [5.74, 6) is -0.845. The third kappa shape index (κ3) is 38.0. The van der Waals surface area contributed by atoms with E-state index in [2.05, 4.69) is 38.2 Å². The molecule has 0 radical (unpaired) electrons. The standard InChI is InChI=1S/C41H78NO8P/c1-3-5-7-9-11-13-15-17-19-20-22-24-26-28-30-32-34-41(44)50-39(38-49-51(45,46)48-36-35-42)37-47-40(43)33-31-29-27-25-23-21-18-16-14-12-10-8-6-4-2/h16,18-20,39H,3-15,17,21-38,42H2,1-2H3,(H,45,46)/b18-16-,20-19-/t39-/m1/s1. The Kier molecular flexibility index (Phi) is 37.1. The van der Waals surface area contributed by atoms with E-state index in [1.807, 2.05) is 0 Å². The van der Waals surface area contributed by atoms with Gasteiger partial charge in [-0.1, -0.05) is 141 Å². The topological polar surface area (TPSA) is 134 Å². The van der Waals surface area contributed by atoms with Crippen molar-refractivity contribution in [2.24, 2.45) is 5.73 Å². The Hall–Kier alpha value is -1.51. The molecule has 51 heavy (non-hydrogen) atoms. The zero-order chi connectivity index (χ0) is 37.5. The van der Waals surface area contributed by atoms with Crippen molar-refractivity contribution in [3.05, 3.63) is 24.3 Å². The molecule has 0 aromatic rings. The third-order valence-corrected chi connectivity index (χ3v) is 9.79. The smallest absolute Gasteiger partial charge is 0.462 e. The molecular weight excluding hydrogens is 665 g/mol. The van der Waals surface area contributed by atoms with Gasteiger partial charge in [-0.2, -0.15) is 0 Å². The summed E-state index contributed by atoms with van der Waals surface area (Å²) in [4.78, 5) is 34.8. The predicted molar refractivity (Wildman–Crippen MR) is 211 cm³/mol. The maximum absolute atomic E-state index is 12.6. The number of ether oxygens (including phenoxy) is 2. The molecule has 2 atom stereocenters. The van der Waals surface area contributed by atoms with Crippen LogP contribution in [-0.4, -0.2) is 49.3 Å². The molecule has 3 N–H and O–H groups in total. The number of phosphoric acid groups is 1. The normalized spacial score (nSPS) is 13.6. The van der Waals surface area contributed by atoms with Gasteiger partial charge < -0.3 is 20.1 Å². The van der Waals surface area contributed by atoms with Gasteiger partial charge in [0.1, 0.15) is 6.61 Å². The van der Waals surface area contributed by atoms with Gasteiger partial charge in [-0.25, -0.2) is 4.57 Å². The van der Waals surface area contributed by atoms with Gasteiger partial charge in [0, 0.05) is 19.4 Å². The maximum atomic E-state index is 12.6. The second kappa shape index (κ2) is 38.2. The number of hydrogen-bond donors (Lipinski definition) is 2. The average Bonchev–Trinajstić information content (AvgIpc) is 3.11. The second-order valence-electron chi connectivity index (χ2n) is 13.8. The first-order valence-electron chi connectivity index (χ1n) is 20.8. The second-order valence-corrected chi connectivity index (χ2v) is 15.3. The van der Waals surface area contributed by atoms with E-state index in [0.29, 0.717) is 6.42 Å². The predicted octanol–water partition coefficient (Wildman–Crippen LogP) is 11.6. The number of nitrogens with two attached hydrogens (primary N) is 1. The molecule has 0 amide bonds. The summed E-state index contributed by atoms with van der Waals surface area (Å²) in [5.41, 5.74) is 5.34. The van der Waals surface area contributed by atoms with Crippen LogP contribution in [0.3, 0.4) is 0 Å². The number of rotatable bonds is 39. The van der Waals surface area contributed by atoms with Crippen molar-refractivity contribution >= 4 is 19.8 Å². The lowest BCUT2D eigenvalue weighted by molar-refractivity contribution is -0.161. The number of hydrogen-bond acceptors (Lipinski definition) is 8. The van der Waals surface area contributed by atoms with E-state index < -0.39 is 32.5 Å². The number of carbonyl (C=O) groups excluding carboxylic acids is 2. The van der Waals surface area contributed by atoms with Gasteiger partial charge in [-0.15, -0.1) is 0 Å². The molecule has 0 saturated carbocycles. The van der Waals surface area contributed by atoms with E-state index >= 15 is 0 Å². The fraction of sp³-hybridized carbons (Fsp3) is 0.854. The Labute approximate surface area is 312 Å². The van der Waals surface area contributed by atoms with Crippen LogP contribution in [0.2, 0.25) is 0 Å². The Bertz CT molecular complexity index is 897.